The van der Waals surface area contributed by atoms with Gasteiger partial charge in [-0.2, -0.15) is 0 Å². The lowest BCUT2D eigenvalue weighted by Crippen LogP contribution is -2.39. The number of rotatable bonds is 4. The number of nitrogens with one attached hydrogen (secondary N) is 1. The summed E-state index contributed by atoms with van der Waals surface area (Å²) in [6, 6.07) is 14.6. The Morgan fingerprint density at radius 3 is 2.72 bits per heavy atom. The minimum Gasteiger partial charge on any atom is -0.465 e. The van der Waals surface area contributed by atoms with Crippen molar-refractivity contribution in [1.29, 1.82) is 0 Å². The quantitative estimate of drug-likeness (QED) is 0.434. The molecule has 1 amide bonds. The number of hydrogen-bond acceptors (Lipinski definition) is 3. The molecule has 5 nitrogen and oxygen atoms in total. The summed E-state index contributed by atoms with van der Waals surface area (Å²) in [4.78, 5) is 23.3. The lowest BCUT2D eigenvalue weighted by molar-refractivity contribution is 0.0704. The highest BCUT2D eigenvalue weighted by molar-refractivity contribution is 5.98. The highest BCUT2D eigenvalue weighted by atomic mass is 16.3. The van der Waals surface area contributed by atoms with Crippen LogP contribution in [0.15, 0.2) is 59.3 Å². The number of carbonyl (C=O) groups is 1. The fourth-order valence-corrected chi connectivity index (χ4v) is 5.15. The number of benzene rings is 1. The van der Waals surface area contributed by atoms with Crippen LogP contribution in [0.1, 0.15) is 65.1 Å². The monoisotopic (exact) mass is 425 g/mol. The maximum atomic E-state index is 13.4. The van der Waals surface area contributed by atoms with Gasteiger partial charge in [0.05, 0.1) is 5.56 Å². The predicted molar refractivity (Wildman–Crippen MR) is 125 cm³/mol. The van der Waals surface area contributed by atoms with Crippen LogP contribution in [-0.2, 0) is 0 Å². The van der Waals surface area contributed by atoms with E-state index in [9.17, 15) is 4.79 Å². The maximum Gasteiger partial charge on any atom is 0.257 e. The molecule has 2 aliphatic rings. The van der Waals surface area contributed by atoms with Crippen molar-refractivity contribution < 1.29 is 9.21 Å². The van der Waals surface area contributed by atoms with Crippen molar-refractivity contribution in [3.63, 3.8) is 0 Å². The van der Waals surface area contributed by atoms with E-state index in [4.69, 9.17) is 4.42 Å². The van der Waals surface area contributed by atoms with Crippen molar-refractivity contribution in [2.24, 2.45) is 0 Å². The molecule has 0 unspecified atom stereocenters. The second kappa shape index (κ2) is 7.66. The summed E-state index contributed by atoms with van der Waals surface area (Å²) in [6.45, 7) is 3.43. The largest absolute Gasteiger partial charge is 0.465 e. The molecule has 1 saturated heterocycles. The standard InChI is InChI=1S/C27H27N3O2/c1-17-22(15-24(32-17)18-8-9-18)27(31)30-14-4-5-20(16-30)26-25(19-10-12-28-13-11-19)21-6-2-3-7-23(21)29-26/h2-3,6-7,10-13,15,18,20,29H,4-5,8-9,14,16H2,1H3/t20-/m0/s1. The zero-order valence-electron chi connectivity index (χ0n) is 18.3. The number of aromatic nitrogens is 2. The van der Waals surface area contributed by atoms with Crippen molar-refractivity contribution in [2.45, 2.75) is 44.4 Å². The van der Waals surface area contributed by atoms with Crippen LogP contribution >= 0.6 is 0 Å². The number of aryl methyl sites for hydroxylation is 1. The first kappa shape index (κ1) is 19.4. The third-order valence-corrected chi connectivity index (χ3v) is 6.97. The summed E-state index contributed by atoms with van der Waals surface area (Å²) in [5, 5.41) is 1.22. The number of likely N-dealkylation sites (tertiary alicyclic amines) is 1. The summed E-state index contributed by atoms with van der Waals surface area (Å²) in [5.74, 6) is 2.61. The fourth-order valence-electron chi connectivity index (χ4n) is 5.15. The zero-order valence-corrected chi connectivity index (χ0v) is 18.3. The van der Waals surface area contributed by atoms with Gasteiger partial charge in [-0.05, 0) is 62.4 Å². The molecular weight excluding hydrogens is 398 g/mol. The smallest absolute Gasteiger partial charge is 0.257 e. The molecule has 1 saturated carbocycles. The molecule has 5 heteroatoms. The van der Waals surface area contributed by atoms with Crippen LogP contribution in [0.2, 0.25) is 0 Å². The molecule has 4 heterocycles. The van der Waals surface area contributed by atoms with Gasteiger partial charge in [-0.3, -0.25) is 9.78 Å². The number of nitrogens with zero attached hydrogens (tertiary/aromatic N) is 2. The van der Waals surface area contributed by atoms with Gasteiger partial charge in [0.15, 0.2) is 0 Å². The number of para-hydroxylation sites is 1. The molecular formula is C27H27N3O2. The number of pyridine rings is 1. The van der Waals surface area contributed by atoms with E-state index in [2.05, 4.69) is 46.4 Å². The molecule has 0 spiro atoms. The lowest BCUT2D eigenvalue weighted by atomic mass is 9.89. The first-order valence-corrected chi connectivity index (χ1v) is 11.6. The molecule has 1 N–H and O–H groups in total. The number of furan rings is 1. The Kier molecular flexibility index (Phi) is 4.63. The highest BCUT2D eigenvalue weighted by Crippen LogP contribution is 2.42. The van der Waals surface area contributed by atoms with Gasteiger partial charge in [0.25, 0.3) is 5.91 Å². The summed E-state index contributed by atoms with van der Waals surface area (Å²) in [5.41, 5.74) is 5.49. The van der Waals surface area contributed by atoms with Crippen LogP contribution in [0.3, 0.4) is 0 Å². The van der Waals surface area contributed by atoms with Crippen molar-refractivity contribution in [3.8, 4) is 11.1 Å². The fraction of sp³-hybridized carbons (Fsp3) is 0.333. The Balaban J connectivity index is 1.34. The molecule has 0 bridgehead atoms. The number of H-pyrrole nitrogens is 1. The third kappa shape index (κ3) is 3.32. The second-order valence-electron chi connectivity index (χ2n) is 9.18. The zero-order chi connectivity index (χ0) is 21.7. The summed E-state index contributed by atoms with van der Waals surface area (Å²) < 4.78 is 5.92. The third-order valence-electron chi connectivity index (χ3n) is 6.97. The Bertz CT molecular complexity index is 1280. The molecule has 1 aromatic carbocycles. The molecule has 32 heavy (non-hydrogen) atoms. The number of hydrogen-bond donors (Lipinski definition) is 1. The number of carbonyl (C=O) groups excluding carboxylic acids is 1. The molecule has 1 aliphatic heterocycles. The van der Waals surface area contributed by atoms with Gasteiger partial charge in [-0.25, -0.2) is 0 Å². The van der Waals surface area contributed by atoms with E-state index in [1.165, 1.54) is 29.5 Å². The van der Waals surface area contributed by atoms with Crippen molar-refractivity contribution in [2.75, 3.05) is 13.1 Å². The van der Waals surface area contributed by atoms with Crippen LogP contribution in [0.4, 0.5) is 0 Å². The predicted octanol–water partition coefficient (Wildman–Crippen LogP) is 6.03. The summed E-state index contributed by atoms with van der Waals surface area (Å²) in [6.07, 6.45) is 8.09. The minimum absolute atomic E-state index is 0.101. The first-order valence-electron chi connectivity index (χ1n) is 11.6. The van der Waals surface area contributed by atoms with Crippen LogP contribution in [0.5, 0.6) is 0 Å². The molecule has 1 atom stereocenters. The minimum atomic E-state index is 0.101. The first-order chi connectivity index (χ1) is 15.7. The molecule has 2 fully saturated rings. The average molecular weight is 426 g/mol. The molecule has 6 rings (SSSR count). The Morgan fingerprint density at radius 2 is 1.91 bits per heavy atom. The number of fused-ring (bicyclic) bond motifs is 1. The van der Waals surface area contributed by atoms with E-state index >= 15 is 0 Å². The van der Waals surface area contributed by atoms with Crippen LogP contribution in [0, 0.1) is 6.92 Å². The van der Waals surface area contributed by atoms with Gasteiger partial charge in [0, 0.05) is 59.5 Å². The maximum absolute atomic E-state index is 13.4. The van der Waals surface area contributed by atoms with Gasteiger partial charge >= 0.3 is 0 Å². The van der Waals surface area contributed by atoms with Gasteiger partial charge in [-0.15, -0.1) is 0 Å². The lowest BCUT2D eigenvalue weighted by Gasteiger charge is -2.33. The van der Waals surface area contributed by atoms with Gasteiger partial charge in [0.2, 0.25) is 0 Å². The molecule has 162 valence electrons. The number of piperidine rings is 1. The topological polar surface area (TPSA) is 62.1 Å². The van der Waals surface area contributed by atoms with Gasteiger partial charge < -0.3 is 14.3 Å². The van der Waals surface area contributed by atoms with Crippen molar-refractivity contribution in [1.82, 2.24) is 14.9 Å². The highest BCUT2D eigenvalue weighted by Gasteiger charge is 2.33. The van der Waals surface area contributed by atoms with E-state index in [0.717, 1.165) is 47.6 Å². The molecule has 1 aliphatic carbocycles. The molecule has 4 aromatic rings. The van der Waals surface area contributed by atoms with Gasteiger partial charge in [0.1, 0.15) is 11.5 Å². The van der Waals surface area contributed by atoms with Crippen molar-refractivity contribution >= 4 is 16.8 Å². The van der Waals surface area contributed by atoms with Crippen LogP contribution < -0.4 is 0 Å². The average Bonchev–Trinajstić information content (AvgIpc) is 3.51. The second-order valence-corrected chi connectivity index (χ2v) is 9.18. The number of aromatic amines is 1. The normalized spacial score (nSPS) is 18.9. The van der Waals surface area contributed by atoms with Crippen LogP contribution in [0.25, 0.3) is 22.0 Å². The van der Waals surface area contributed by atoms with Crippen molar-refractivity contribution in [3.05, 3.63) is 77.6 Å². The Labute approximate surface area is 187 Å². The van der Waals surface area contributed by atoms with Crippen LogP contribution in [-0.4, -0.2) is 33.9 Å². The Hall–Kier alpha value is -3.34. The van der Waals surface area contributed by atoms with E-state index in [-0.39, 0.29) is 11.8 Å². The van der Waals surface area contributed by atoms with Gasteiger partial charge in [-0.1, -0.05) is 18.2 Å². The van der Waals surface area contributed by atoms with E-state index in [0.29, 0.717) is 12.5 Å². The number of amides is 1. The summed E-state index contributed by atoms with van der Waals surface area (Å²) >= 11 is 0. The summed E-state index contributed by atoms with van der Waals surface area (Å²) in [7, 11) is 0. The SMILES string of the molecule is Cc1oc(C2CC2)cc1C(=O)N1CCC[C@H](c2[nH]c3ccccc3c2-c2ccncc2)C1. The molecule has 0 radical (unpaired) electrons. The van der Waals surface area contributed by atoms with E-state index in [1.54, 1.807) is 0 Å². The Morgan fingerprint density at radius 1 is 1.09 bits per heavy atom. The van der Waals surface area contributed by atoms with E-state index in [1.807, 2.05) is 30.3 Å². The molecule has 3 aromatic heterocycles. The van der Waals surface area contributed by atoms with E-state index < -0.39 is 0 Å².